The highest BCUT2D eigenvalue weighted by Gasteiger charge is 2.41. The van der Waals surface area contributed by atoms with Gasteiger partial charge in [-0.2, -0.15) is 0 Å². The third kappa shape index (κ3) is 2.80. The van der Waals surface area contributed by atoms with Gasteiger partial charge in [0.15, 0.2) is 0 Å². The van der Waals surface area contributed by atoms with E-state index in [2.05, 4.69) is 0 Å². The van der Waals surface area contributed by atoms with Crippen LogP contribution < -0.4 is 0 Å². The summed E-state index contributed by atoms with van der Waals surface area (Å²) in [5.41, 5.74) is -0.514. The van der Waals surface area contributed by atoms with Crippen LogP contribution in [0.15, 0.2) is 24.3 Å². The molecule has 2 aliphatic rings. The lowest BCUT2D eigenvalue weighted by Gasteiger charge is -2.32. The van der Waals surface area contributed by atoms with Gasteiger partial charge in [0.2, 0.25) is 0 Å². The molecule has 6 heteroatoms. The first-order valence-corrected chi connectivity index (χ1v) is 8.25. The van der Waals surface area contributed by atoms with Crippen LogP contribution in [0.4, 0.5) is 0 Å². The van der Waals surface area contributed by atoms with Gasteiger partial charge >= 0.3 is 0 Å². The van der Waals surface area contributed by atoms with Crippen LogP contribution in [0.2, 0.25) is 0 Å². The first kappa shape index (κ1) is 16.9. The van der Waals surface area contributed by atoms with Crippen molar-refractivity contribution in [3.63, 3.8) is 0 Å². The first-order chi connectivity index (χ1) is 11.2. The largest absolute Gasteiger partial charge is 0.354 e. The lowest BCUT2D eigenvalue weighted by Crippen LogP contribution is -2.46. The predicted octanol–water partition coefficient (Wildman–Crippen LogP) is 2.10. The van der Waals surface area contributed by atoms with Gasteiger partial charge in [-0.05, 0) is 39.8 Å². The van der Waals surface area contributed by atoms with Crippen LogP contribution in [0, 0.1) is 0 Å². The number of amides is 2. The molecule has 2 aliphatic heterocycles. The fourth-order valence-corrected chi connectivity index (χ4v) is 3.31. The third-order valence-corrected chi connectivity index (χ3v) is 4.72. The number of nitrogens with zero attached hydrogens (tertiary/aromatic N) is 2. The minimum absolute atomic E-state index is 0.181. The number of ether oxygens (including phenoxy) is 2. The van der Waals surface area contributed by atoms with Gasteiger partial charge in [0.25, 0.3) is 11.8 Å². The monoisotopic (exact) mass is 332 g/mol. The minimum atomic E-state index is -0.663. The molecular formula is C18H24N2O4. The highest BCUT2D eigenvalue weighted by Crippen LogP contribution is 2.28. The molecule has 2 fully saturated rings. The van der Waals surface area contributed by atoms with Crippen molar-refractivity contribution in [2.45, 2.75) is 39.1 Å². The number of rotatable bonds is 2. The quantitative estimate of drug-likeness (QED) is 0.832. The lowest BCUT2D eigenvalue weighted by molar-refractivity contribution is -0.0400. The summed E-state index contributed by atoms with van der Waals surface area (Å²) in [6, 6.07) is 6.96. The number of hydrogen-bond acceptors (Lipinski definition) is 4. The molecule has 24 heavy (non-hydrogen) atoms. The molecule has 1 aromatic carbocycles. The van der Waals surface area contributed by atoms with E-state index in [0.717, 1.165) is 0 Å². The van der Waals surface area contributed by atoms with E-state index in [9.17, 15) is 9.59 Å². The van der Waals surface area contributed by atoms with Crippen LogP contribution in [0.3, 0.4) is 0 Å². The summed E-state index contributed by atoms with van der Waals surface area (Å²) in [7, 11) is 0. The van der Waals surface area contributed by atoms with E-state index in [1.54, 1.807) is 34.1 Å². The molecule has 1 aromatic rings. The average molecular weight is 332 g/mol. The second-order valence-electron chi connectivity index (χ2n) is 7.05. The molecule has 3 rings (SSSR count). The van der Waals surface area contributed by atoms with Crippen molar-refractivity contribution in [3.8, 4) is 0 Å². The van der Waals surface area contributed by atoms with Crippen molar-refractivity contribution in [2.24, 2.45) is 0 Å². The van der Waals surface area contributed by atoms with E-state index in [1.165, 1.54) is 0 Å². The van der Waals surface area contributed by atoms with Crippen LogP contribution in [-0.2, 0) is 9.47 Å². The van der Waals surface area contributed by atoms with Gasteiger partial charge in [-0.25, -0.2) is 0 Å². The van der Waals surface area contributed by atoms with Crippen molar-refractivity contribution >= 4 is 11.8 Å². The molecular weight excluding hydrogens is 308 g/mol. The van der Waals surface area contributed by atoms with Gasteiger partial charge in [0, 0.05) is 13.1 Å². The van der Waals surface area contributed by atoms with Gasteiger partial charge in [0.1, 0.15) is 11.4 Å². The number of carbonyl (C=O) groups is 2. The molecule has 0 unspecified atom stereocenters. The maximum absolute atomic E-state index is 13.0. The summed E-state index contributed by atoms with van der Waals surface area (Å²) >= 11 is 0. The van der Waals surface area contributed by atoms with E-state index >= 15 is 0 Å². The molecule has 0 N–H and O–H groups in total. The number of hydrogen-bond donors (Lipinski definition) is 0. The Balaban J connectivity index is 1.94. The van der Waals surface area contributed by atoms with Crippen LogP contribution >= 0.6 is 0 Å². The summed E-state index contributed by atoms with van der Waals surface area (Å²) < 4.78 is 11.2. The molecule has 6 nitrogen and oxygen atoms in total. The molecule has 2 amide bonds. The molecule has 0 aliphatic carbocycles. The Hall–Kier alpha value is -1.92. The smallest absolute Gasteiger partial charge is 0.256 e. The van der Waals surface area contributed by atoms with Crippen LogP contribution in [-0.4, -0.2) is 59.4 Å². The zero-order valence-electron chi connectivity index (χ0n) is 14.7. The van der Waals surface area contributed by atoms with Crippen molar-refractivity contribution in [3.05, 3.63) is 35.4 Å². The third-order valence-electron chi connectivity index (χ3n) is 4.72. The summed E-state index contributed by atoms with van der Waals surface area (Å²) in [6.45, 7) is 9.49. The zero-order chi connectivity index (χ0) is 17.5. The molecule has 0 radical (unpaired) electrons. The van der Waals surface area contributed by atoms with Gasteiger partial charge in [-0.1, -0.05) is 12.1 Å². The Morgan fingerprint density at radius 2 is 1.21 bits per heavy atom. The summed E-state index contributed by atoms with van der Waals surface area (Å²) in [5.74, 6) is -0.362. The Bertz CT molecular complexity index is 612. The van der Waals surface area contributed by atoms with Crippen LogP contribution in [0.5, 0.6) is 0 Å². The van der Waals surface area contributed by atoms with E-state index in [4.69, 9.17) is 9.47 Å². The summed E-state index contributed by atoms with van der Waals surface area (Å²) in [5, 5.41) is 0. The Labute approximate surface area is 142 Å². The predicted molar refractivity (Wildman–Crippen MR) is 88.6 cm³/mol. The SMILES string of the molecule is CC1(C)OCCN1C(=O)c1ccccc1C(=O)N1CCOC1(C)C. The molecule has 130 valence electrons. The lowest BCUT2D eigenvalue weighted by atomic mass is 10.0. The maximum Gasteiger partial charge on any atom is 0.256 e. The molecule has 2 saturated heterocycles. The fourth-order valence-electron chi connectivity index (χ4n) is 3.31. The normalized spacial score (nSPS) is 22.0. The van der Waals surface area contributed by atoms with E-state index in [-0.39, 0.29) is 11.8 Å². The molecule has 0 spiro atoms. The Morgan fingerprint density at radius 1 is 0.833 bits per heavy atom. The summed E-state index contributed by atoms with van der Waals surface area (Å²) in [6.07, 6.45) is 0. The molecule has 0 aromatic heterocycles. The van der Waals surface area contributed by atoms with Gasteiger partial charge in [0.05, 0.1) is 24.3 Å². The minimum Gasteiger partial charge on any atom is -0.354 e. The van der Waals surface area contributed by atoms with Gasteiger partial charge in [-0.3, -0.25) is 9.59 Å². The second-order valence-corrected chi connectivity index (χ2v) is 7.05. The molecule has 0 bridgehead atoms. The average Bonchev–Trinajstić information content (AvgIpc) is 3.06. The highest BCUT2D eigenvalue weighted by molar-refractivity contribution is 6.07. The van der Waals surface area contributed by atoms with E-state index in [1.807, 2.05) is 27.7 Å². The fraction of sp³-hybridized carbons (Fsp3) is 0.556. The summed E-state index contributed by atoms with van der Waals surface area (Å²) in [4.78, 5) is 29.4. The maximum atomic E-state index is 13.0. The number of benzene rings is 1. The van der Waals surface area contributed by atoms with Crippen molar-refractivity contribution in [1.29, 1.82) is 0 Å². The Morgan fingerprint density at radius 3 is 1.50 bits per heavy atom. The van der Waals surface area contributed by atoms with Crippen LogP contribution in [0.25, 0.3) is 0 Å². The van der Waals surface area contributed by atoms with Crippen LogP contribution in [0.1, 0.15) is 48.4 Å². The van der Waals surface area contributed by atoms with E-state index < -0.39 is 11.4 Å². The molecule has 0 atom stereocenters. The van der Waals surface area contributed by atoms with Crippen molar-refractivity contribution < 1.29 is 19.1 Å². The van der Waals surface area contributed by atoms with Crippen molar-refractivity contribution in [1.82, 2.24) is 9.80 Å². The second kappa shape index (κ2) is 5.86. The van der Waals surface area contributed by atoms with Crippen molar-refractivity contribution in [2.75, 3.05) is 26.3 Å². The topological polar surface area (TPSA) is 59.1 Å². The van der Waals surface area contributed by atoms with E-state index in [0.29, 0.717) is 37.4 Å². The molecule has 0 saturated carbocycles. The Kier molecular flexibility index (Phi) is 4.13. The zero-order valence-corrected chi connectivity index (χ0v) is 14.7. The first-order valence-electron chi connectivity index (χ1n) is 8.25. The standard InChI is InChI=1S/C18H24N2O4/c1-17(2)19(9-11-23-17)15(21)13-7-5-6-8-14(13)16(22)20-10-12-24-18(20,3)4/h5-8H,9-12H2,1-4H3. The van der Waals surface area contributed by atoms with Gasteiger partial charge < -0.3 is 19.3 Å². The van der Waals surface area contributed by atoms with Gasteiger partial charge in [-0.15, -0.1) is 0 Å². The molecule has 2 heterocycles. The highest BCUT2D eigenvalue weighted by atomic mass is 16.5. The number of carbonyl (C=O) groups excluding carboxylic acids is 2.